The molecule has 0 atom stereocenters. The molecule has 3 fully saturated rings. The summed E-state index contributed by atoms with van der Waals surface area (Å²) in [4.78, 5) is 17.9. The fraction of sp³-hybridized carbons (Fsp3) is 0.731. The lowest BCUT2D eigenvalue weighted by Gasteiger charge is -2.45. The van der Waals surface area contributed by atoms with Crippen LogP contribution in [0.2, 0.25) is 0 Å². The van der Waals surface area contributed by atoms with Crippen molar-refractivity contribution < 1.29 is 63.2 Å². The van der Waals surface area contributed by atoms with Crippen LogP contribution in [0.25, 0.3) is 0 Å². The second-order valence-electron chi connectivity index (χ2n) is 10.6. The third-order valence-corrected chi connectivity index (χ3v) is 8.83. The normalized spacial score (nSPS) is 21.1. The van der Waals surface area contributed by atoms with E-state index < -0.39 is 24.5 Å². The zero-order valence-corrected chi connectivity index (χ0v) is 23.8. The average Bonchev–Trinajstić information content (AvgIpc) is 3.24. The third-order valence-electron chi connectivity index (χ3n) is 7.99. The molecular weight excluding hydrogens is 643 g/mol. The molecule has 3 saturated heterocycles. The van der Waals surface area contributed by atoms with Crippen LogP contribution in [0, 0.1) is 3.57 Å². The molecule has 0 N–H and O–H groups in total. The summed E-state index contributed by atoms with van der Waals surface area (Å²) in [6, 6.07) is 6.10. The number of amides is 1. The van der Waals surface area contributed by atoms with Gasteiger partial charge in [-0.15, -0.1) is 3.57 Å². The molecule has 4 rings (SSSR count). The Kier molecular flexibility index (Phi) is 9.83. The van der Waals surface area contributed by atoms with Gasteiger partial charge in [0.25, 0.3) is 6.10 Å². The van der Waals surface area contributed by atoms with Crippen molar-refractivity contribution >= 4 is 6.09 Å². The number of piperidine rings is 2. The van der Waals surface area contributed by atoms with Gasteiger partial charge in [0.2, 0.25) is 0 Å². The molecule has 39 heavy (non-hydrogen) atoms. The molecule has 6 nitrogen and oxygen atoms in total. The van der Waals surface area contributed by atoms with Gasteiger partial charge in [-0.25, -0.2) is 4.79 Å². The maximum atomic E-state index is 12.8. The summed E-state index contributed by atoms with van der Waals surface area (Å²) in [6.45, 7) is 5.37. The van der Waals surface area contributed by atoms with E-state index in [4.69, 9.17) is 4.74 Å². The molecule has 0 aromatic heterocycles. The van der Waals surface area contributed by atoms with Crippen molar-refractivity contribution in [1.29, 1.82) is 0 Å². The molecule has 0 aliphatic carbocycles. The minimum absolute atomic E-state index is 0.0408. The van der Waals surface area contributed by atoms with Gasteiger partial charge in [-0.1, -0.05) is 18.6 Å². The van der Waals surface area contributed by atoms with Crippen molar-refractivity contribution in [3.05, 3.63) is 27.3 Å². The Morgan fingerprint density at radius 2 is 1.59 bits per heavy atom. The Bertz CT molecular complexity index is 965. The summed E-state index contributed by atoms with van der Waals surface area (Å²) in [6.07, 6.45) is -10.7. The first-order chi connectivity index (χ1) is 18.4. The largest absolute Gasteiger partial charge is 0.755 e. The molecule has 1 amide bonds. The van der Waals surface area contributed by atoms with Gasteiger partial charge in [-0.3, -0.25) is 9.80 Å². The molecule has 1 aromatic rings. The van der Waals surface area contributed by atoms with E-state index in [-0.39, 0.29) is 18.6 Å². The maximum absolute atomic E-state index is 12.8. The van der Waals surface area contributed by atoms with Crippen molar-refractivity contribution in [1.82, 2.24) is 14.7 Å². The van der Waals surface area contributed by atoms with Gasteiger partial charge >= 0.3 is 18.4 Å². The minimum atomic E-state index is -5.72. The molecule has 1 spiro atoms. The van der Waals surface area contributed by atoms with Crippen LogP contribution < -0.4 is 27.3 Å². The predicted molar refractivity (Wildman–Crippen MR) is 126 cm³/mol. The van der Waals surface area contributed by atoms with Crippen LogP contribution in [-0.4, -0.2) is 90.7 Å². The first-order valence-electron chi connectivity index (χ1n) is 13.4. The number of likely N-dealkylation sites (tertiary alicyclic amines) is 3. The van der Waals surface area contributed by atoms with E-state index >= 15 is 0 Å². The standard InChI is InChI=1S/C26H34F6IN3O3/c27-25(28,29)22(26(30,31)32)39-23(37)35-13-8-24(9-14-35)7-4-12-36(24)18-19-5-6-21(20(33)17-19)38-16-15-34-10-2-1-3-11-34/h5-6,17,22H,1-4,7-16,18H2/q-1. The Morgan fingerprint density at radius 3 is 2.21 bits per heavy atom. The second kappa shape index (κ2) is 12.6. The van der Waals surface area contributed by atoms with E-state index in [1.165, 1.54) is 19.3 Å². The monoisotopic (exact) mass is 677 g/mol. The second-order valence-corrected chi connectivity index (χ2v) is 11.8. The highest BCUT2D eigenvalue weighted by Gasteiger charge is 2.60. The molecule has 221 valence electrons. The zero-order chi connectivity index (χ0) is 28.3. The fourth-order valence-corrected chi connectivity index (χ4v) is 6.59. The molecule has 1 aromatic carbocycles. The van der Waals surface area contributed by atoms with Crippen molar-refractivity contribution in [3.63, 3.8) is 0 Å². The highest BCUT2D eigenvalue weighted by Crippen LogP contribution is 2.40. The molecule has 1 radical (unpaired) electrons. The molecule has 13 heteroatoms. The predicted octanol–water partition coefficient (Wildman–Crippen LogP) is 2.33. The number of halogens is 7. The summed E-state index contributed by atoms with van der Waals surface area (Å²) >= 11 is 2.27. The van der Waals surface area contributed by atoms with E-state index in [1.807, 2.05) is 12.1 Å². The van der Waals surface area contributed by atoms with Crippen LogP contribution in [0.15, 0.2) is 18.2 Å². The molecule has 0 unspecified atom stereocenters. The van der Waals surface area contributed by atoms with Gasteiger partial charge in [-0.05, 0) is 69.8 Å². The third kappa shape index (κ3) is 7.84. The van der Waals surface area contributed by atoms with Gasteiger partial charge in [-0.2, -0.15) is 26.3 Å². The Morgan fingerprint density at radius 1 is 0.923 bits per heavy atom. The minimum Gasteiger partial charge on any atom is -0.755 e. The van der Waals surface area contributed by atoms with E-state index in [1.54, 1.807) is 0 Å². The number of rotatable bonds is 7. The molecule has 0 bridgehead atoms. The average molecular weight is 677 g/mol. The van der Waals surface area contributed by atoms with Gasteiger partial charge in [0.1, 0.15) is 6.61 Å². The summed E-state index contributed by atoms with van der Waals surface area (Å²) < 4.78 is 87.7. The number of alkyl halides is 6. The number of nitrogens with zero attached hydrogens (tertiary/aromatic N) is 3. The highest BCUT2D eigenvalue weighted by atomic mass is 127. The van der Waals surface area contributed by atoms with Gasteiger partial charge in [0.05, 0.1) is 5.75 Å². The van der Waals surface area contributed by atoms with Crippen molar-refractivity contribution in [3.8, 4) is 5.75 Å². The summed E-state index contributed by atoms with van der Waals surface area (Å²) in [5.41, 5.74) is 0.850. The number of carbonyl (C=O) groups is 1. The van der Waals surface area contributed by atoms with Crippen LogP contribution >= 0.6 is 0 Å². The first-order valence-corrected chi connectivity index (χ1v) is 14.4. The summed E-state index contributed by atoms with van der Waals surface area (Å²) in [5, 5.41) is 0. The van der Waals surface area contributed by atoms with Gasteiger partial charge in [0.15, 0.2) is 0 Å². The lowest BCUT2D eigenvalue weighted by Crippen LogP contribution is -3.34. The smallest absolute Gasteiger partial charge is 0.434 e. The van der Waals surface area contributed by atoms with Crippen molar-refractivity contribution in [2.24, 2.45) is 0 Å². The molecule has 3 aliphatic heterocycles. The fourth-order valence-electron chi connectivity index (χ4n) is 5.86. The number of ether oxygens (including phenoxy) is 2. The Labute approximate surface area is 238 Å². The Hall–Kier alpha value is -1.48. The number of hydrogen-bond donors (Lipinski definition) is 0. The summed E-state index contributed by atoms with van der Waals surface area (Å²) in [5.74, 6) is 0.843. The van der Waals surface area contributed by atoms with Crippen LogP contribution in [0.3, 0.4) is 0 Å². The molecule has 3 aliphatic rings. The molecular formula is C26H34F6IN3O3-. The number of hydrogen-bond acceptors (Lipinski definition) is 5. The van der Waals surface area contributed by atoms with Crippen LogP contribution in [0.5, 0.6) is 5.75 Å². The van der Waals surface area contributed by atoms with Crippen LogP contribution in [0.4, 0.5) is 31.1 Å². The Balaban J connectivity index is 1.30. The van der Waals surface area contributed by atoms with E-state index in [9.17, 15) is 31.1 Å². The topological polar surface area (TPSA) is 45.3 Å². The van der Waals surface area contributed by atoms with Crippen LogP contribution in [-0.2, 0) is 11.3 Å². The lowest BCUT2D eigenvalue weighted by atomic mass is 9.85. The van der Waals surface area contributed by atoms with E-state index in [2.05, 4.69) is 43.2 Å². The highest BCUT2D eigenvalue weighted by molar-refractivity contribution is 5.68. The number of benzene rings is 1. The lowest BCUT2D eigenvalue weighted by molar-refractivity contribution is -0.330. The van der Waals surface area contributed by atoms with E-state index in [0.717, 1.165) is 58.8 Å². The van der Waals surface area contributed by atoms with Gasteiger partial charge < -0.3 is 37.0 Å². The quantitative estimate of drug-likeness (QED) is 0.328. The first kappa shape index (κ1) is 30.5. The van der Waals surface area contributed by atoms with Crippen molar-refractivity contribution in [2.45, 2.75) is 75.5 Å². The zero-order valence-electron chi connectivity index (χ0n) is 21.6. The van der Waals surface area contributed by atoms with Gasteiger partial charge in [0, 0.05) is 31.7 Å². The molecule has 3 heterocycles. The van der Waals surface area contributed by atoms with E-state index in [0.29, 0.717) is 26.0 Å². The van der Waals surface area contributed by atoms with Crippen LogP contribution in [0.1, 0.15) is 50.5 Å². The van der Waals surface area contributed by atoms with Crippen molar-refractivity contribution in [2.75, 3.05) is 45.9 Å². The molecule has 0 saturated carbocycles. The SMILES string of the molecule is O=C(OC(C(F)(F)F)C(F)(F)F)N1CCC2(CCCN2Cc2ccc(OCCN3CCCCC3)c([I-])c2)CC1. The summed E-state index contributed by atoms with van der Waals surface area (Å²) in [7, 11) is 0. The maximum Gasteiger partial charge on any atom is 0.434 e. The number of carbonyl (C=O) groups excluding carboxylic acids is 1.